The van der Waals surface area contributed by atoms with Crippen LogP contribution in [0.1, 0.15) is 265 Å². The quantitative estimate of drug-likeness (QED) is 0.154. The van der Waals surface area contributed by atoms with Crippen molar-refractivity contribution in [2.24, 2.45) is 35.2 Å². The number of hydrogen-bond donors (Lipinski definition) is 2. The van der Waals surface area contributed by atoms with Crippen LogP contribution in [-0.4, -0.2) is 67.7 Å². The number of hydrogen-bond acceptors (Lipinski definition) is 7. The van der Waals surface area contributed by atoms with E-state index in [2.05, 4.69) is 346 Å². The fourth-order valence-electron chi connectivity index (χ4n) is 12.7. The molecular weight excluding hydrogens is 1660 g/mol. The predicted octanol–water partition coefficient (Wildman–Crippen LogP) is 31.0. The Labute approximate surface area is 723 Å². The Morgan fingerprint density at radius 3 is 0.726 bits per heavy atom. The lowest BCUT2D eigenvalue weighted by Crippen LogP contribution is -2.15. The number of nitrogens with one attached hydrogen (secondary N) is 2. The molecule has 14 aromatic heterocycles. The highest BCUT2D eigenvalue weighted by Gasteiger charge is 2.26. The van der Waals surface area contributed by atoms with Crippen LogP contribution < -0.4 is 0 Å². The first kappa shape index (κ1) is 110. The van der Waals surface area contributed by atoms with Crippen molar-refractivity contribution in [3.63, 3.8) is 0 Å². The van der Waals surface area contributed by atoms with E-state index in [0.717, 1.165) is 61.7 Å². The smallest absolute Gasteiger partial charge is 0.0683 e. The minimum absolute atomic E-state index is 0. The van der Waals surface area contributed by atoms with Gasteiger partial charge in [0.1, 0.15) is 0 Å². The van der Waals surface area contributed by atoms with E-state index in [4.69, 9.17) is 34.8 Å². The highest BCUT2D eigenvalue weighted by molar-refractivity contribution is 9.11. The van der Waals surface area contributed by atoms with E-state index >= 15 is 0 Å². The van der Waals surface area contributed by atoms with Gasteiger partial charge in [0.2, 0.25) is 0 Å². The van der Waals surface area contributed by atoms with Crippen LogP contribution in [0.15, 0.2) is 143 Å². The van der Waals surface area contributed by atoms with Gasteiger partial charge in [-0.3, -0.25) is 34.9 Å². The highest BCUT2D eigenvalue weighted by atomic mass is 79.9. The molecule has 0 aliphatic rings. The highest BCUT2D eigenvalue weighted by Crippen LogP contribution is 2.38. The van der Waals surface area contributed by atoms with Crippen LogP contribution in [0, 0.1) is 6.92 Å². The Balaban J connectivity index is -0.00000123. The van der Waals surface area contributed by atoms with E-state index in [-0.39, 0.29) is 112 Å². The molecule has 2 N–H and O–H groups in total. The Morgan fingerprint density at radius 1 is 0.257 bits per heavy atom. The summed E-state index contributed by atoms with van der Waals surface area (Å²) < 4.78 is 14.2. The number of rotatable bonds is 0. The fourth-order valence-corrected chi connectivity index (χ4v) is 14.6. The SMILES string of the molecule is C.C.C.C.C.C.C.C.C.C.CC(C)(C)c1cc2c(Br)cncc2[nH]1.CC(C)(C)c1cc2c(Cl)cncc2[nH]1.Cc1cncc2c1cc(C(C)(C)C)n2C.Cn1c(C(C)(C)C)cc2c(Br)cncc21.Cn1c(C(C)(C)C)cc2c(Br)cncc21.Cn1c(C(C)(C)C)cc2c(Cl)cncc21.Cn1c(C(C)(C)C)cc2c(Cl)cncc21. The van der Waals surface area contributed by atoms with Crippen molar-refractivity contribution in [2.45, 2.75) is 264 Å². The van der Waals surface area contributed by atoms with E-state index in [9.17, 15) is 0 Å². The monoisotopic (exact) mass is 1800 g/mol. The molecule has 0 radical (unpaired) electrons. The van der Waals surface area contributed by atoms with Gasteiger partial charge in [-0.1, -0.05) is 254 Å². The first-order valence-electron chi connectivity index (χ1n) is 34.6. The summed E-state index contributed by atoms with van der Waals surface area (Å²) in [7, 11) is 10.4. The summed E-state index contributed by atoms with van der Waals surface area (Å²) in [6.45, 7) is 48.4. The Hall–Kier alpha value is -6.86. The zero-order valence-corrected chi connectivity index (χ0v) is 72.3. The van der Waals surface area contributed by atoms with Gasteiger partial charge in [0.15, 0.2) is 0 Å². The molecule has 0 spiro atoms. The van der Waals surface area contributed by atoms with E-state index in [1.807, 2.05) is 62.0 Å². The van der Waals surface area contributed by atoms with Gasteiger partial charge in [0.05, 0.1) is 97.1 Å². The molecule has 0 bridgehead atoms. The zero-order chi connectivity index (χ0) is 76.8. The summed E-state index contributed by atoms with van der Waals surface area (Å²) in [5, 5.41) is 10.3. The van der Waals surface area contributed by atoms with Crippen molar-refractivity contribution in [2.75, 3.05) is 0 Å². The molecule has 628 valence electrons. The summed E-state index contributed by atoms with van der Waals surface area (Å²) in [5.74, 6) is 0. The Kier molecular flexibility index (Phi) is 41.3. The molecule has 0 saturated carbocycles. The molecule has 0 amide bonds. The van der Waals surface area contributed by atoms with Crippen molar-refractivity contribution >= 4 is 159 Å². The van der Waals surface area contributed by atoms with Gasteiger partial charge in [-0.2, -0.15) is 0 Å². The molecular formula is C93H144Br3Cl3N14. The zero-order valence-electron chi connectivity index (χ0n) is 65.3. The van der Waals surface area contributed by atoms with Gasteiger partial charge in [-0.05, 0) is 103 Å². The molecule has 113 heavy (non-hydrogen) atoms. The molecule has 0 atom stereocenters. The van der Waals surface area contributed by atoms with Gasteiger partial charge in [-0.15, -0.1) is 0 Å². The standard InChI is InChI=1S/C13H18N2.2C12H15BrN2.2C12H15ClN2.C11H13BrN2.C11H13ClN2.10CH4/c1-9-7-14-8-11-10(9)6-12(15(11)5)13(2,3)4;4*1-12(2,3)11-5-8-9(13)6-14-7-10(8)15(11)4;2*1-11(2,3)10-4-7-8(12)5-13-6-9(7)14-10;;;;;;;;;;/h6-8H,1-5H3;4*5-7H,1-4H3;2*4-6,14H,1-3H3;10*1H4. The largest absolute Gasteiger partial charge is 0.357 e. The number of halogens is 6. The lowest BCUT2D eigenvalue weighted by molar-refractivity contribution is 0.547. The molecule has 14 nitrogen and oxygen atoms in total. The first-order valence-corrected chi connectivity index (χ1v) is 38.1. The lowest BCUT2D eigenvalue weighted by atomic mass is 9.92. The number of pyridine rings is 7. The molecule has 0 saturated heterocycles. The lowest BCUT2D eigenvalue weighted by Gasteiger charge is -2.19. The molecule has 0 aliphatic carbocycles. The van der Waals surface area contributed by atoms with E-state index in [0.29, 0.717) is 5.02 Å². The summed E-state index contributed by atoms with van der Waals surface area (Å²) in [5.41, 5.74) is 19.1. The van der Waals surface area contributed by atoms with Crippen LogP contribution >= 0.6 is 82.6 Å². The number of aromatic nitrogens is 14. The molecule has 0 unspecified atom stereocenters. The minimum atomic E-state index is 0. The maximum absolute atomic E-state index is 6.12. The van der Waals surface area contributed by atoms with Gasteiger partial charge in [-0.25, -0.2) is 0 Å². The molecule has 0 fully saturated rings. The third-order valence-electron chi connectivity index (χ3n) is 18.3. The summed E-state index contributed by atoms with van der Waals surface area (Å²) in [4.78, 5) is 35.8. The average molecular weight is 1800 g/mol. The topological polar surface area (TPSA) is 146 Å². The summed E-state index contributed by atoms with van der Waals surface area (Å²) in [6.07, 6.45) is 25.6. The Morgan fingerprint density at radius 2 is 0.469 bits per heavy atom. The van der Waals surface area contributed by atoms with Crippen LogP contribution in [0.4, 0.5) is 0 Å². The van der Waals surface area contributed by atoms with Crippen molar-refractivity contribution in [1.29, 1.82) is 0 Å². The van der Waals surface area contributed by atoms with E-state index < -0.39 is 0 Å². The van der Waals surface area contributed by atoms with Crippen LogP contribution in [0.5, 0.6) is 0 Å². The normalized spacial score (nSPS) is 11.2. The van der Waals surface area contributed by atoms with Crippen LogP contribution in [0.2, 0.25) is 15.1 Å². The molecule has 0 aliphatic heterocycles. The maximum Gasteiger partial charge on any atom is 0.0683 e. The van der Waals surface area contributed by atoms with Crippen molar-refractivity contribution in [1.82, 2.24) is 67.7 Å². The van der Waals surface area contributed by atoms with Gasteiger partial charge in [0, 0.05) is 208 Å². The second kappa shape index (κ2) is 42.3. The molecule has 0 aromatic carbocycles. The van der Waals surface area contributed by atoms with Gasteiger partial charge in [0.25, 0.3) is 0 Å². The van der Waals surface area contributed by atoms with Gasteiger partial charge >= 0.3 is 0 Å². The number of aryl methyl sites for hydroxylation is 6. The second-order valence-electron chi connectivity index (χ2n) is 33.8. The molecule has 14 heterocycles. The number of fused-ring (bicyclic) bond motifs is 7. The predicted molar refractivity (Wildman–Crippen MR) is 517 cm³/mol. The van der Waals surface area contributed by atoms with E-state index in [1.54, 1.807) is 24.8 Å². The second-order valence-corrected chi connectivity index (χ2v) is 37.6. The maximum atomic E-state index is 6.12. The number of H-pyrrole nitrogens is 2. The molecule has 20 heteroatoms. The van der Waals surface area contributed by atoms with E-state index in [1.165, 1.54) is 83.5 Å². The van der Waals surface area contributed by atoms with Crippen LogP contribution in [-0.2, 0) is 73.1 Å². The minimum Gasteiger partial charge on any atom is -0.357 e. The average Bonchev–Trinajstić information content (AvgIpc) is 1.71. The van der Waals surface area contributed by atoms with Crippen molar-refractivity contribution in [3.8, 4) is 0 Å². The molecule has 14 aromatic rings. The van der Waals surface area contributed by atoms with Gasteiger partial charge < -0.3 is 32.8 Å². The van der Waals surface area contributed by atoms with Crippen LogP contribution in [0.3, 0.4) is 0 Å². The van der Waals surface area contributed by atoms with Crippen molar-refractivity contribution < 1.29 is 0 Å². The first-order chi connectivity index (χ1) is 47.5. The number of aromatic amines is 2. The third-order valence-corrected chi connectivity index (χ3v) is 21.1. The summed E-state index contributed by atoms with van der Waals surface area (Å²) >= 11 is 28.8. The Bertz CT molecular complexity index is 4670. The fraction of sp³-hybridized carbons (Fsp3) is 0.473. The molecule has 14 rings (SSSR count). The number of nitrogens with zero attached hydrogens (tertiary/aromatic N) is 12. The third kappa shape index (κ3) is 25.6. The van der Waals surface area contributed by atoms with Crippen LogP contribution in [0.25, 0.3) is 76.3 Å². The van der Waals surface area contributed by atoms with Crippen molar-refractivity contribution in [3.05, 3.63) is 203 Å². The summed E-state index contributed by atoms with van der Waals surface area (Å²) in [6, 6.07) is 15.3.